The third-order valence-electron chi connectivity index (χ3n) is 2.35. The minimum Gasteiger partial charge on any atom is -0.491 e. The summed E-state index contributed by atoms with van der Waals surface area (Å²) < 4.78 is 18.8. The molecule has 0 fully saturated rings. The summed E-state index contributed by atoms with van der Waals surface area (Å²) in [6.07, 6.45) is 1.39. The predicted octanol–water partition coefficient (Wildman–Crippen LogP) is 2.79. The lowest BCUT2D eigenvalue weighted by atomic mass is 10.1. The number of hydrogen-bond acceptors (Lipinski definition) is 2. The Morgan fingerprint density at radius 2 is 2.12 bits per heavy atom. The Hall–Kier alpha value is -1.09. The molecule has 16 heavy (non-hydrogen) atoms. The first kappa shape index (κ1) is 13.0. The van der Waals surface area contributed by atoms with Gasteiger partial charge in [0, 0.05) is 6.61 Å². The molecule has 1 rings (SSSR count). The van der Waals surface area contributed by atoms with E-state index in [9.17, 15) is 4.39 Å². The molecular weight excluding hydrogens is 207 g/mol. The van der Waals surface area contributed by atoms with Crippen LogP contribution in [0.1, 0.15) is 25.8 Å². The molecule has 1 aromatic carbocycles. The van der Waals surface area contributed by atoms with Gasteiger partial charge in [0.1, 0.15) is 0 Å². The number of benzene rings is 1. The fraction of sp³-hybridized carbons (Fsp3) is 0.538. The van der Waals surface area contributed by atoms with Gasteiger partial charge in [-0.05, 0) is 36.5 Å². The molecular formula is C13H19FO2. The Kier molecular flexibility index (Phi) is 5.26. The van der Waals surface area contributed by atoms with Crippen LogP contribution in [0.25, 0.3) is 0 Å². The Balaban J connectivity index is 2.54. The minimum atomic E-state index is -0.352. The van der Waals surface area contributed by atoms with E-state index >= 15 is 0 Å². The van der Waals surface area contributed by atoms with Crippen molar-refractivity contribution in [3.63, 3.8) is 0 Å². The first-order valence-corrected chi connectivity index (χ1v) is 5.65. The Morgan fingerprint density at radius 3 is 2.69 bits per heavy atom. The molecule has 2 nitrogen and oxygen atoms in total. The maximum atomic E-state index is 13.5. The van der Waals surface area contributed by atoms with E-state index in [4.69, 9.17) is 9.84 Å². The summed E-state index contributed by atoms with van der Waals surface area (Å²) in [6, 6.07) is 4.82. The second-order valence-corrected chi connectivity index (χ2v) is 4.27. The highest BCUT2D eigenvalue weighted by Crippen LogP contribution is 2.19. The number of aliphatic hydroxyl groups is 1. The van der Waals surface area contributed by atoms with Crippen molar-refractivity contribution in [2.75, 3.05) is 13.2 Å². The highest BCUT2D eigenvalue weighted by atomic mass is 19.1. The molecule has 3 heteroatoms. The molecule has 0 aromatic heterocycles. The van der Waals surface area contributed by atoms with E-state index < -0.39 is 0 Å². The van der Waals surface area contributed by atoms with Crippen molar-refractivity contribution in [3.8, 4) is 5.75 Å². The lowest BCUT2D eigenvalue weighted by Crippen LogP contribution is -2.03. The van der Waals surface area contributed by atoms with Crippen LogP contribution in [0.15, 0.2) is 18.2 Å². The van der Waals surface area contributed by atoms with Crippen LogP contribution in [0.2, 0.25) is 0 Å². The Labute approximate surface area is 96.1 Å². The third kappa shape index (κ3) is 4.19. The lowest BCUT2D eigenvalue weighted by Gasteiger charge is -2.09. The van der Waals surface area contributed by atoms with E-state index in [1.807, 2.05) is 0 Å². The van der Waals surface area contributed by atoms with Crippen LogP contribution in [-0.4, -0.2) is 18.3 Å². The van der Waals surface area contributed by atoms with Crippen LogP contribution in [0.5, 0.6) is 5.75 Å². The van der Waals surface area contributed by atoms with Gasteiger partial charge in [0.15, 0.2) is 11.6 Å². The van der Waals surface area contributed by atoms with Crippen molar-refractivity contribution >= 4 is 0 Å². The zero-order valence-corrected chi connectivity index (χ0v) is 9.87. The zero-order chi connectivity index (χ0) is 12.0. The van der Waals surface area contributed by atoms with Gasteiger partial charge in [-0.3, -0.25) is 0 Å². The van der Waals surface area contributed by atoms with E-state index in [1.54, 1.807) is 12.1 Å². The zero-order valence-electron chi connectivity index (χ0n) is 9.87. The Morgan fingerprint density at radius 1 is 1.38 bits per heavy atom. The summed E-state index contributed by atoms with van der Waals surface area (Å²) in [5.74, 6) is 0.494. The van der Waals surface area contributed by atoms with Crippen LogP contribution in [0, 0.1) is 11.7 Å². The van der Waals surface area contributed by atoms with E-state index in [1.165, 1.54) is 6.07 Å². The summed E-state index contributed by atoms with van der Waals surface area (Å²) >= 11 is 0. The third-order valence-corrected chi connectivity index (χ3v) is 2.35. The van der Waals surface area contributed by atoms with Gasteiger partial charge in [0.25, 0.3) is 0 Å². The van der Waals surface area contributed by atoms with Gasteiger partial charge in [-0.25, -0.2) is 4.39 Å². The average Bonchev–Trinajstić information content (AvgIpc) is 2.21. The number of aliphatic hydroxyl groups excluding tert-OH is 1. The smallest absolute Gasteiger partial charge is 0.165 e. The second-order valence-electron chi connectivity index (χ2n) is 4.27. The molecule has 0 heterocycles. The largest absolute Gasteiger partial charge is 0.491 e. The van der Waals surface area contributed by atoms with Crippen molar-refractivity contribution < 1.29 is 14.2 Å². The van der Waals surface area contributed by atoms with Gasteiger partial charge < -0.3 is 9.84 Å². The summed E-state index contributed by atoms with van der Waals surface area (Å²) in [5.41, 5.74) is 0.788. The van der Waals surface area contributed by atoms with Crippen molar-refractivity contribution in [2.45, 2.75) is 26.7 Å². The van der Waals surface area contributed by atoms with Crippen LogP contribution >= 0.6 is 0 Å². The van der Waals surface area contributed by atoms with Crippen molar-refractivity contribution in [2.24, 2.45) is 5.92 Å². The van der Waals surface area contributed by atoms with Gasteiger partial charge in [-0.1, -0.05) is 19.9 Å². The number of halogens is 1. The van der Waals surface area contributed by atoms with Gasteiger partial charge in [0.05, 0.1) is 6.61 Å². The highest BCUT2D eigenvalue weighted by Gasteiger charge is 2.05. The molecule has 0 aliphatic rings. The van der Waals surface area contributed by atoms with Gasteiger partial charge >= 0.3 is 0 Å². The molecule has 1 aromatic rings. The molecule has 0 aliphatic heterocycles. The molecule has 0 saturated heterocycles. The van der Waals surface area contributed by atoms with E-state index in [0.717, 1.165) is 12.0 Å². The maximum absolute atomic E-state index is 13.5. The first-order valence-electron chi connectivity index (χ1n) is 5.65. The fourth-order valence-electron chi connectivity index (χ4n) is 1.35. The van der Waals surface area contributed by atoms with Crippen molar-refractivity contribution in [1.29, 1.82) is 0 Å². The number of ether oxygens (including phenoxy) is 1. The number of hydrogen-bond donors (Lipinski definition) is 1. The maximum Gasteiger partial charge on any atom is 0.165 e. The predicted molar refractivity (Wildman–Crippen MR) is 62.1 cm³/mol. The standard InChI is InChI=1S/C13H19FO2/c1-10(2)6-8-16-13-4-3-11(5-7-15)9-12(13)14/h3-4,9-10,15H,5-8H2,1-2H3. The molecule has 0 bridgehead atoms. The number of rotatable bonds is 6. The van der Waals surface area contributed by atoms with Crippen LogP contribution in [0.3, 0.4) is 0 Å². The second kappa shape index (κ2) is 6.48. The Bertz CT molecular complexity index is 324. The van der Waals surface area contributed by atoms with Gasteiger partial charge in [0.2, 0.25) is 0 Å². The first-order chi connectivity index (χ1) is 7.63. The SMILES string of the molecule is CC(C)CCOc1ccc(CCO)cc1F. The summed E-state index contributed by atoms with van der Waals surface area (Å²) in [4.78, 5) is 0. The van der Waals surface area contributed by atoms with E-state index in [0.29, 0.717) is 24.7 Å². The fourth-order valence-corrected chi connectivity index (χ4v) is 1.35. The van der Waals surface area contributed by atoms with Crippen molar-refractivity contribution in [1.82, 2.24) is 0 Å². The highest BCUT2D eigenvalue weighted by molar-refractivity contribution is 5.29. The van der Waals surface area contributed by atoms with Gasteiger partial charge in [-0.15, -0.1) is 0 Å². The van der Waals surface area contributed by atoms with Gasteiger partial charge in [-0.2, -0.15) is 0 Å². The van der Waals surface area contributed by atoms with E-state index in [-0.39, 0.29) is 12.4 Å². The van der Waals surface area contributed by atoms with Crippen LogP contribution < -0.4 is 4.74 Å². The minimum absolute atomic E-state index is 0.0347. The monoisotopic (exact) mass is 226 g/mol. The molecule has 0 aliphatic carbocycles. The molecule has 0 amide bonds. The summed E-state index contributed by atoms with van der Waals surface area (Å²) in [5, 5.41) is 8.73. The molecule has 0 radical (unpaired) electrons. The quantitative estimate of drug-likeness (QED) is 0.808. The molecule has 0 atom stereocenters. The van der Waals surface area contributed by atoms with Crippen LogP contribution in [0.4, 0.5) is 4.39 Å². The molecule has 0 spiro atoms. The molecule has 0 unspecified atom stereocenters. The van der Waals surface area contributed by atoms with Crippen molar-refractivity contribution in [3.05, 3.63) is 29.6 Å². The van der Waals surface area contributed by atoms with Crippen LogP contribution in [-0.2, 0) is 6.42 Å². The average molecular weight is 226 g/mol. The summed E-state index contributed by atoms with van der Waals surface area (Å²) in [7, 11) is 0. The normalized spacial score (nSPS) is 10.8. The van der Waals surface area contributed by atoms with E-state index in [2.05, 4.69) is 13.8 Å². The topological polar surface area (TPSA) is 29.5 Å². The molecule has 1 N–H and O–H groups in total. The summed E-state index contributed by atoms with van der Waals surface area (Å²) in [6.45, 7) is 4.77. The molecule has 0 saturated carbocycles. The lowest BCUT2D eigenvalue weighted by molar-refractivity contribution is 0.276. The molecule has 90 valence electrons.